The van der Waals surface area contributed by atoms with E-state index in [9.17, 15) is 0 Å². The minimum atomic E-state index is 0.481. The standard InChI is InChI=1S/C7H14N2/c8-6-2-4-1-5(6)3-7(4)9/h4-7H,1-3,8-9H2/t4-,5-,6-,7-/m1/s1. The van der Waals surface area contributed by atoms with Crippen molar-refractivity contribution in [3.8, 4) is 0 Å². The van der Waals surface area contributed by atoms with Crippen LogP contribution in [0.1, 0.15) is 19.3 Å². The Morgan fingerprint density at radius 2 is 1.22 bits per heavy atom. The molecule has 0 saturated heterocycles. The predicted molar refractivity (Wildman–Crippen MR) is 36.8 cm³/mol. The summed E-state index contributed by atoms with van der Waals surface area (Å²) in [4.78, 5) is 0. The first-order chi connectivity index (χ1) is 4.27. The molecule has 0 aromatic rings. The van der Waals surface area contributed by atoms with Crippen molar-refractivity contribution in [2.75, 3.05) is 0 Å². The lowest BCUT2D eigenvalue weighted by Gasteiger charge is -2.21. The maximum absolute atomic E-state index is 5.83. The van der Waals surface area contributed by atoms with Crippen LogP contribution in [-0.2, 0) is 0 Å². The summed E-state index contributed by atoms with van der Waals surface area (Å²) in [5.41, 5.74) is 11.7. The minimum Gasteiger partial charge on any atom is -0.327 e. The van der Waals surface area contributed by atoms with Gasteiger partial charge in [0.05, 0.1) is 0 Å². The van der Waals surface area contributed by atoms with E-state index in [0.717, 1.165) is 11.8 Å². The van der Waals surface area contributed by atoms with E-state index < -0.39 is 0 Å². The lowest BCUT2D eigenvalue weighted by atomic mass is 9.93. The third-order valence-electron chi connectivity index (χ3n) is 2.97. The fourth-order valence-corrected chi connectivity index (χ4v) is 2.36. The van der Waals surface area contributed by atoms with Gasteiger partial charge in [-0.15, -0.1) is 0 Å². The van der Waals surface area contributed by atoms with Crippen LogP contribution in [0.3, 0.4) is 0 Å². The second kappa shape index (κ2) is 1.70. The molecular weight excluding hydrogens is 112 g/mol. The van der Waals surface area contributed by atoms with Gasteiger partial charge in [0.2, 0.25) is 0 Å². The zero-order chi connectivity index (χ0) is 6.43. The lowest BCUT2D eigenvalue weighted by molar-refractivity contribution is 0.375. The lowest BCUT2D eigenvalue weighted by Crippen LogP contribution is -2.35. The van der Waals surface area contributed by atoms with E-state index in [-0.39, 0.29) is 0 Å². The fourth-order valence-electron chi connectivity index (χ4n) is 2.36. The first kappa shape index (κ1) is 5.69. The van der Waals surface area contributed by atoms with Gasteiger partial charge in [-0.2, -0.15) is 0 Å². The number of nitrogens with two attached hydrogens (primary N) is 2. The van der Waals surface area contributed by atoms with E-state index in [1.807, 2.05) is 0 Å². The molecule has 2 fully saturated rings. The van der Waals surface area contributed by atoms with E-state index in [0.29, 0.717) is 12.1 Å². The van der Waals surface area contributed by atoms with Gasteiger partial charge in [-0.1, -0.05) is 0 Å². The average molecular weight is 126 g/mol. The zero-order valence-electron chi connectivity index (χ0n) is 5.59. The fraction of sp³-hybridized carbons (Fsp3) is 1.00. The van der Waals surface area contributed by atoms with Crippen molar-refractivity contribution < 1.29 is 0 Å². The molecule has 2 aliphatic rings. The first-order valence-electron chi connectivity index (χ1n) is 3.78. The van der Waals surface area contributed by atoms with Crippen LogP contribution in [0.25, 0.3) is 0 Å². The van der Waals surface area contributed by atoms with Crippen molar-refractivity contribution in [2.45, 2.75) is 31.3 Å². The van der Waals surface area contributed by atoms with E-state index in [1.165, 1.54) is 19.3 Å². The number of hydrogen-bond acceptors (Lipinski definition) is 2. The molecule has 2 aliphatic carbocycles. The molecule has 0 unspecified atom stereocenters. The van der Waals surface area contributed by atoms with E-state index in [1.54, 1.807) is 0 Å². The average Bonchev–Trinajstić information content (AvgIpc) is 2.24. The highest BCUT2D eigenvalue weighted by Gasteiger charge is 2.42. The summed E-state index contributed by atoms with van der Waals surface area (Å²) in [6, 6.07) is 0.963. The van der Waals surface area contributed by atoms with Crippen LogP contribution in [0.2, 0.25) is 0 Å². The SMILES string of the molecule is N[C@@H]1C[C@H]2C[C@@H]1C[C@H]2N. The summed E-state index contributed by atoms with van der Waals surface area (Å²) in [6.45, 7) is 0. The van der Waals surface area contributed by atoms with Crippen LogP contribution >= 0.6 is 0 Å². The van der Waals surface area contributed by atoms with Crippen molar-refractivity contribution in [2.24, 2.45) is 23.3 Å². The zero-order valence-corrected chi connectivity index (χ0v) is 5.59. The smallest absolute Gasteiger partial charge is 0.00710 e. The van der Waals surface area contributed by atoms with Gasteiger partial charge in [-0.25, -0.2) is 0 Å². The van der Waals surface area contributed by atoms with Crippen LogP contribution in [0, 0.1) is 11.8 Å². The summed E-state index contributed by atoms with van der Waals surface area (Å²) in [5, 5.41) is 0. The molecule has 0 aromatic heterocycles. The Morgan fingerprint density at radius 1 is 0.778 bits per heavy atom. The van der Waals surface area contributed by atoms with Crippen LogP contribution in [0.4, 0.5) is 0 Å². The topological polar surface area (TPSA) is 52.0 Å². The van der Waals surface area contributed by atoms with Gasteiger partial charge in [0.15, 0.2) is 0 Å². The molecule has 2 saturated carbocycles. The largest absolute Gasteiger partial charge is 0.327 e. The highest BCUT2D eigenvalue weighted by atomic mass is 14.8. The molecule has 52 valence electrons. The molecule has 2 nitrogen and oxygen atoms in total. The molecule has 0 spiro atoms. The summed E-state index contributed by atoms with van der Waals surface area (Å²) in [7, 11) is 0. The molecule has 4 atom stereocenters. The molecule has 4 N–H and O–H groups in total. The van der Waals surface area contributed by atoms with Gasteiger partial charge < -0.3 is 11.5 Å². The second-order valence-corrected chi connectivity index (χ2v) is 3.55. The van der Waals surface area contributed by atoms with Crippen molar-refractivity contribution >= 4 is 0 Å². The van der Waals surface area contributed by atoms with Gasteiger partial charge in [0, 0.05) is 12.1 Å². The van der Waals surface area contributed by atoms with E-state index in [2.05, 4.69) is 0 Å². The van der Waals surface area contributed by atoms with Crippen molar-refractivity contribution in [3.63, 3.8) is 0 Å². The first-order valence-corrected chi connectivity index (χ1v) is 3.78. The van der Waals surface area contributed by atoms with Crippen molar-refractivity contribution in [3.05, 3.63) is 0 Å². The molecule has 0 aromatic carbocycles. The molecule has 0 radical (unpaired) electrons. The van der Waals surface area contributed by atoms with Crippen LogP contribution in [0.5, 0.6) is 0 Å². The van der Waals surface area contributed by atoms with Gasteiger partial charge in [-0.05, 0) is 31.1 Å². The van der Waals surface area contributed by atoms with Gasteiger partial charge in [-0.3, -0.25) is 0 Å². The Kier molecular flexibility index (Phi) is 1.08. The van der Waals surface area contributed by atoms with Crippen molar-refractivity contribution in [1.82, 2.24) is 0 Å². The number of rotatable bonds is 0. The predicted octanol–water partition coefficient (Wildman–Crippen LogP) is 0.0709. The van der Waals surface area contributed by atoms with Crippen LogP contribution in [0.15, 0.2) is 0 Å². The summed E-state index contributed by atoms with van der Waals surface area (Å²) in [6.07, 6.45) is 3.68. The Labute approximate surface area is 55.6 Å². The molecule has 0 amide bonds. The van der Waals surface area contributed by atoms with Gasteiger partial charge in [0.25, 0.3) is 0 Å². The van der Waals surface area contributed by atoms with Crippen molar-refractivity contribution in [1.29, 1.82) is 0 Å². The van der Waals surface area contributed by atoms with Gasteiger partial charge >= 0.3 is 0 Å². The maximum Gasteiger partial charge on any atom is 0.00710 e. The van der Waals surface area contributed by atoms with E-state index >= 15 is 0 Å². The Bertz CT molecular complexity index is 106. The minimum absolute atomic E-state index is 0.481. The third kappa shape index (κ3) is 0.700. The normalized spacial score (nSPS) is 56.7. The third-order valence-corrected chi connectivity index (χ3v) is 2.97. The summed E-state index contributed by atoms with van der Waals surface area (Å²) in [5.74, 6) is 1.54. The summed E-state index contributed by atoms with van der Waals surface area (Å²) >= 11 is 0. The van der Waals surface area contributed by atoms with Crippen LogP contribution in [-0.4, -0.2) is 12.1 Å². The quantitative estimate of drug-likeness (QED) is 0.482. The second-order valence-electron chi connectivity index (χ2n) is 3.55. The molecule has 2 rings (SSSR count). The molecule has 2 heteroatoms. The molecular formula is C7H14N2. The Balaban J connectivity index is 2.10. The monoisotopic (exact) mass is 126 g/mol. The highest BCUT2D eigenvalue weighted by molar-refractivity contribution is 4.98. The highest BCUT2D eigenvalue weighted by Crippen LogP contribution is 2.42. The molecule has 9 heavy (non-hydrogen) atoms. The Hall–Kier alpha value is -0.0800. The Morgan fingerprint density at radius 3 is 1.44 bits per heavy atom. The van der Waals surface area contributed by atoms with Gasteiger partial charge in [0.1, 0.15) is 0 Å². The number of fused-ring (bicyclic) bond motifs is 2. The molecule has 0 heterocycles. The maximum atomic E-state index is 5.83. The molecule has 0 aliphatic heterocycles. The van der Waals surface area contributed by atoms with E-state index in [4.69, 9.17) is 11.5 Å². The summed E-state index contributed by atoms with van der Waals surface area (Å²) < 4.78 is 0. The number of hydrogen-bond donors (Lipinski definition) is 2. The van der Waals surface area contributed by atoms with Crippen LogP contribution < -0.4 is 11.5 Å². The molecule has 2 bridgehead atoms.